The summed E-state index contributed by atoms with van der Waals surface area (Å²) in [7, 11) is -3.29. The van der Waals surface area contributed by atoms with E-state index < -0.39 is 9.84 Å². The second-order valence-corrected chi connectivity index (χ2v) is 9.21. The van der Waals surface area contributed by atoms with E-state index in [2.05, 4.69) is 15.3 Å². The van der Waals surface area contributed by atoms with Crippen LogP contribution in [0.2, 0.25) is 0 Å². The maximum Gasteiger partial charge on any atom is 0.257 e. The molecular formula is C21H23ClN4O4S. The number of anilines is 2. The first kappa shape index (κ1) is 22.9. The lowest BCUT2D eigenvalue weighted by Gasteiger charge is -2.27. The molecule has 0 bridgehead atoms. The van der Waals surface area contributed by atoms with Crippen LogP contribution in [0, 0.1) is 6.92 Å². The van der Waals surface area contributed by atoms with Crippen LogP contribution in [-0.2, 0) is 14.6 Å². The highest BCUT2D eigenvalue weighted by atomic mass is 35.5. The summed E-state index contributed by atoms with van der Waals surface area (Å²) in [6, 6.07) is 10.2. The molecule has 31 heavy (non-hydrogen) atoms. The molecular weight excluding hydrogens is 440 g/mol. The normalized spacial score (nSPS) is 14.2. The van der Waals surface area contributed by atoms with E-state index in [0.717, 1.165) is 5.69 Å². The van der Waals surface area contributed by atoms with Gasteiger partial charge in [-0.3, -0.25) is 4.79 Å². The predicted octanol–water partition coefficient (Wildman–Crippen LogP) is 2.98. The number of ether oxygens (including phenoxy) is 1. The van der Waals surface area contributed by atoms with Crippen LogP contribution in [0.15, 0.2) is 47.5 Å². The van der Waals surface area contributed by atoms with Crippen molar-refractivity contribution >= 4 is 50.6 Å². The maximum atomic E-state index is 13.2. The minimum atomic E-state index is -3.29. The molecule has 3 heterocycles. The number of sulfone groups is 1. The summed E-state index contributed by atoms with van der Waals surface area (Å²) in [6.45, 7) is 3.92. The Labute approximate surface area is 187 Å². The number of nitrogens with zero attached hydrogens (tertiary/aromatic N) is 3. The predicted molar refractivity (Wildman–Crippen MR) is 121 cm³/mol. The van der Waals surface area contributed by atoms with E-state index in [1.165, 1.54) is 18.4 Å². The largest absolute Gasteiger partial charge is 0.378 e. The van der Waals surface area contributed by atoms with Crippen molar-refractivity contribution in [3.8, 4) is 0 Å². The summed E-state index contributed by atoms with van der Waals surface area (Å²) in [6.07, 6.45) is 2.71. The van der Waals surface area contributed by atoms with Crippen molar-refractivity contribution in [3.63, 3.8) is 0 Å². The van der Waals surface area contributed by atoms with Crippen molar-refractivity contribution in [2.24, 2.45) is 0 Å². The number of halogens is 1. The van der Waals surface area contributed by atoms with Crippen LogP contribution < -0.4 is 5.32 Å². The van der Waals surface area contributed by atoms with Crippen molar-refractivity contribution in [3.05, 3.63) is 53.9 Å². The molecule has 1 aromatic carbocycles. The first-order valence-electron chi connectivity index (χ1n) is 9.53. The minimum Gasteiger partial charge on any atom is -0.378 e. The Hall–Kier alpha value is -2.75. The molecule has 1 amide bonds. The summed E-state index contributed by atoms with van der Waals surface area (Å²) in [5.74, 6) is -0.136. The van der Waals surface area contributed by atoms with E-state index in [9.17, 15) is 13.2 Å². The number of rotatable bonds is 4. The van der Waals surface area contributed by atoms with Gasteiger partial charge in [0.05, 0.1) is 29.4 Å². The Balaban J connectivity index is 0.00000272. The molecule has 1 aliphatic rings. The van der Waals surface area contributed by atoms with E-state index in [1.54, 1.807) is 23.2 Å². The van der Waals surface area contributed by atoms with Crippen molar-refractivity contribution in [2.45, 2.75) is 11.8 Å². The third-order valence-corrected chi connectivity index (χ3v) is 6.08. The molecule has 2 aromatic heterocycles. The number of nitrogens with one attached hydrogen (secondary N) is 1. The number of fused-ring (bicyclic) bond motifs is 1. The molecule has 1 aliphatic heterocycles. The second kappa shape index (κ2) is 9.17. The highest BCUT2D eigenvalue weighted by Crippen LogP contribution is 2.30. The van der Waals surface area contributed by atoms with Crippen molar-refractivity contribution in [1.82, 2.24) is 14.9 Å². The van der Waals surface area contributed by atoms with Gasteiger partial charge in [-0.25, -0.2) is 18.4 Å². The molecule has 0 unspecified atom stereocenters. The van der Waals surface area contributed by atoms with Gasteiger partial charge in [0.1, 0.15) is 0 Å². The molecule has 1 saturated heterocycles. The zero-order chi connectivity index (χ0) is 21.3. The molecule has 164 valence electrons. The summed E-state index contributed by atoms with van der Waals surface area (Å²) in [5.41, 5.74) is 3.04. The number of carbonyl (C=O) groups excluding carboxylic acids is 1. The van der Waals surface area contributed by atoms with Crippen LogP contribution >= 0.6 is 12.4 Å². The summed E-state index contributed by atoms with van der Waals surface area (Å²) < 4.78 is 28.8. The average molecular weight is 463 g/mol. The third kappa shape index (κ3) is 4.95. The van der Waals surface area contributed by atoms with E-state index in [0.29, 0.717) is 54.3 Å². The molecule has 3 aromatic rings. The van der Waals surface area contributed by atoms with Crippen LogP contribution in [0.3, 0.4) is 0 Å². The summed E-state index contributed by atoms with van der Waals surface area (Å²) in [5, 5.41) is 3.99. The summed E-state index contributed by atoms with van der Waals surface area (Å²) in [4.78, 5) is 24.0. The highest BCUT2D eigenvalue weighted by Gasteiger charge is 2.23. The zero-order valence-electron chi connectivity index (χ0n) is 17.2. The highest BCUT2D eigenvalue weighted by molar-refractivity contribution is 7.90. The van der Waals surface area contributed by atoms with Gasteiger partial charge in [0, 0.05) is 42.3 Å². The average Bonchev–Trinajstić information content (AvgIpc) is 2.73. The quantitative estimate of drug-likeness (QED) is 0.635. The third-order valence-electron chi connectivity index (χ3n) is 4.95. The number of aromatic nitrogens is 2. The molecule has 10 heteroatoms. The van der Waals surface area contributed by atoms with Crippen LogP contribution in [0.25, 0.3) is 11.0 Å². The monoisotopic (exact) mass is 462 g/mol. The standard InChI is InChI=1S/C21H22N4O4S.ClH/c1-14-3-8-17-19(24-15-4-6-16(7-5-15)30(2,27)28)18(13-22-20(17)23-14)21(26)25-9-11-29-12-10-25;/h3-8,13H,9-12H2,1-2H3,(H,22,23,24);1H. The Morgan fingerprint density at radius 1 is 1.10 bits per heavy atom. The zero-order valence-corrected chi connectivity index (χ0v) is 18.8. The minimum absolute atomic E-state index is 0. The van der Waals surface area contributed by atoms with Gasteiger partial charge in [-0.05, 0) is 43.3 Å². The number of benzene rings is 1. The van der Waals surface area contributed by atoms with E-state index >= 15 is 0 Å². The van der Waals surface area contributed by atoms with Crippen LogP contribution in [-0.4, -0.2) is 61.8 Å². The lowest BCUT2D eigenvalue weighted by Crippen LogP contribution is -2.41. The maximum absolute atomic E-state index is 13.2. The fraction of sp³-hybridized carbons (Fsp3) is 0.286. The van der Waals surface area contributed by atoms with E-state index in [-0.39, 0.29) is 23.2 Å². The number of aryl methyl sites for hydroxylation is 1. The molecule has 1 fully saturated rings. The van der Waals surface area contributed by atoms with E-state index in [1.807, 2.05) is 19.1 Å². The number of amides is 1. The fourth-order valence-corrected chi connectivity index (χ4v) is 3.97. The number of pyridine rings is 2. The van der Waals surface area contributed by atoms with Gasteiger partial charge in [0.15, 0.2) is 15.5 Å². The topological polar surface area (TPSA) is 101 Å². The second-order valence-electron chi connectivity index (χ2n) is 7.20. The first-order valence-corrected chi connectivity index (χ1v) is 11.4. The number of hydrogen-bond acceptors (Lipinski definition) is 7. The van der Waals surface area contributed by atoms with Gasteiger partial charge in [-0.15, -0.1) is 12.4 Å². The lowest BCUT2D eigenvalue weighted by molar-refractivity contribution is 0.0303. The molecule has 1 N–H and O–H groups in total. The SMILES string of the molecule is Cc1ccc2c(Nc3ccc(S(C)(=O)=O)cc3)c(C(=O)N3CCOCC3)cnc2n1.Cl. The first-order chi connectivity index (χ1) is 14.3. The molecule has 0 saturated carbocycles. The Morgan fingerprint density at radius 3 is 2.42 bits per heavy atom. The molecule has 8 nitrogen and oxygen atoms in total. The number of morpholine rings is 1. The van der Waals surface area contributed by atoms with Crippen LogP contribution in [0.1, 0.15) is 16.1 Å². The van der Waals surface area contributed by atoms with Gasteiger partial charge in [0.25, 0.3) is 5.91 Å². The van der Waals surface area contributed by atoms with Gasteiger partial charge in [-0.1, -0.05) is 0 Å². The fourth-order valence-electron chi connectivity index (χ4n) is 3.34. The van der Waals surface area contributed by atoms with Crippen molar-refractivity contribution in [2.75, 3.05) is 37.9 Å². The molecule has 0 spiro atoms. The van der Waals surface area contributed by atoms with Gasteiger partial charge >= 0.3 is 0 Å². The Bertz CT molecular complexity index is 1210. The Kier molecular flexibility index (Phi) is 6.78. The van der Waals surface area contributed by atoms with Gasteiger partial charge < -0.3 is 15.0 Å². The van der Waals surface area contributed by atoms with Crippen LogP contribution in [0.5, 0.6) is 0 Å². The van der Waals surface area contributed by atoms with Crippen molar-refractivity contribution in [1.29, 1.82) is 0 Å². The van der Waals surface area contributed by atoms with Gasteiger partial charge in [-0.2, -0.15) is 0 Å². The smallest absolute Gasteiger partial charge is 0.257 e. The van der Waals surface area contributed by atoms with Crippen LogP contribution in [0.4, 0.5) is 11.4 Å². The summed E-state index contributed by atoms with van der Waals surface area (Å²) >= 11 is 0. The lowest BCUT2D eigenvalue weighted by atomic mass is 10.1. The van der Waals surface area contributed by atoms with Gasteiger partial charge in [0.2, 0.25) is 0 Å². The molecule has 0 atom stereocenters. The number of hydrogen-bond donors (Lipinski definition) is 1. The van der Waals surface area contributed by atoms with Crippen molar-refractivity contribution < 1.29 is 17.9 Å². The molecule has 4 rings (SSSR count). The number of carbonyl (C=O) groups is 1. The van der Waals surface area contributed by atoms with E-state index in [4.69, 9.17) is 4.74 Å². The molecule has 0 radical (unpaired) electrons. The molecule has 0 aliphatic carbocycles. The Morgan fingerprint density at radius 2 is 1.77 bits per heavy atom.